The van der Waals surface area contributed by atoms with E-state index in [0.29, 0.717) is 23.2 Å². The number of fused-ring (bicyclic) bond motifs is 2. The molecule has 2 heterocycles. The first-order chi connectivity index (χ1) is 17.3. The highest BCUT2D eigenvalue weighted by Gasteiger charge is 2.26. The molecule has 0 aliphatic rings. The lowest BCUT2D eigenvalue weighted by Gasteiger charge is -2.20. The largest absolute Gasteiger partial charge is 0.480 e. The molecule has 2 amide bonds. The first kappa shape index (κ1) is 28.0. The fraction of sp³-hybridized carbons (Fsp3) is 0.500. The Kier molecular flexibility index (Phi) is 8.15. The van der Waals surface area contributed by atoms with Gasteiger partial charge in [0.2, 0.25) is 11.8 Å². The topological polar surface area (TPSA) is 139 Å². The average Bonchev–Trinajstić information content (AvgIpc) is 3.26. The number of amides is 2. The SMILES string of the molecule is CC[C@@H](C)[C@H](NC(=O)CNC(=O)CCc1c(C)c2cc3c(C(C)(C)C)coc3c(C)c2oc1=O)C(=O)O. The smallest absolute Gasteiger partial charge is 0.339 e. The van der Waals surface area contributed by atoms with Crippen molar-refractivity contribution in [2.75, 3.05) is 6.54 Å². The summed E-state index contributed by atoms with van der Waals surface area (Å²) < 4.78 is 11.5. The predicted octanol–water partition coefficient (Wildman–Crippen LogP) is 4.12. The van der Waals surface area contributed by atoms with Crippen LogP contribution in [0.1, 0.15) is 69.7 Å². The molecule has 37 heavy (non-hydrogen) atoms. The van der Waals surface area contributed by atoms with Crippen molar-refractivity contribution in [3.8, 4) is 0 Å². The van der Waals surface area contributed by atoms with Crippen molar-refractivity contribution in [3.05, 3.63) is 45.0 Å². The molecule has 2 atom stereocenters. The number of carboxylic acids is 1. The standard InChI is InChI=1S/C28H36N2O7/c1-8-14(2)23(26(33)34)30-22(32)12-29-21(31)10-9-17-15(3)18-11-19-20(28(5,6)7)13-36-24(19)16(4)25(18)37-27(17)35/h11,13-14,23H,8-10,12H2,1-7H3,(H,29,31)(H,30,32)(H,33,34)/t14-,23+/m1/s1. The second kappa shape index (κ2) is 10.8. The molecule has 200 valence electrons. The molecule has 3 rings (SSSR count). The van der Waals surface area contributed by atoms with Crippen LogP contribution in [0.2, 0.25) is 0 Å². The number of aliphatic carboxylic acids is 1. The summed E-state index contributed by atoms with van der Waals surface area (Å²) in [6.45, 7) is 13.2. The van der Waals surface area contributed by atoms with Gasteiger partial charge in [-0.25, -0.2) is 9.59 Å². The van der Waals surface area contributed by atoms with Gasteiger partial charge in [0.05, 0.1) is 12.8 Å². The summed E-state index contributed by atoms with van der Waals surface area (Å²) in [5.41, 5.74) is 3.42. The summed E-state index contributed by atoms with van der Waals surface area (Å²) in [6, 6.07) is 0.952. The zero-order valence-electron chi connectivity index (χ0n) is 22.5. The molecular weight excluding hydrogens is 476 g/mol. The van der Waals surface area contributed by atoms with Gasteiger partial charge in [0.1, 0.15) is 17.2 Å². The Balaban J connectivity index is 1.76. The van der Waals surface area contributed by atoms with E-state index in [0.717, 1.165) is 27.5 Å². The lowest BCUT2D eigenvalue weighted by Crippen LogP contribution is -2.48. The molecule has 3 N–H and O–H groups in total. The van der Waals surface area contributed by atoms with Gasteiger partial charge in [0, 0.05) is 33.9 Å². The van der Waals surface area contributed by atoms with Crippen LogP contribution in [0.4, 0.5) is 0 Å². The van der Waals surface area contributed by atoms with E-state index >= 15 is 0 Å². The zero-order chi connectivity index (χ0) is 27.7. The number of aryl methyl sites for hydroxylation is 2. The van der Waals surface area contributed by atoms with Crippen LogP contribution in [0, 0.1) is 19.8 Å². The van der Waals surface area contributed by atoms with Crippen molar-refractivity contribution in [2.45, 2.75) is 79.2 Å². The Morgan fingerprint density at radius 3 is 2.32 bits per heavy atom. The van der Waals surface area contributed by atoms with E-state index in [-0.39, 0.29) is 30.7 Å². The summed E-state index contributed by atoms with van der Waals surface area (Å²) >= 11 is 0. The number of furan rings is 1. The van der Waals surface area contributed by atoms with Gasteiger partial charge in [-0.15, -0.1) is 0 Å². The van der Waals surface area contributed by atoms with Crippen molar-refractivity contribution in [3.63, 3.8) is 0 Å². The van der Waals surface area contributed by atoms with Gasteiger partial charge < -0.3 is 24.6 Å². The monoisotopic (exact) mass is 512 g/mol. The maximum atomic E-state index is 12.8. The van der Waals surface area contributed by atoms with Gasteiger partial charge in [-0.2, -0.15) is 0 Å². The molecule has 0 radical (unpaired) electrons. The third kappa shape index (κ3) is 5.87. The normalized spacial score (nSPS) is 13.5. The number of carboxylic acid groups (broad SMARTS) is 1. The van der Waals surface area contributed by atoms with Crippen molar-refractivity contribution < 1.29 is 28.3 Å². The lowest BCUT2D eigenvalue weighted by molar-refractivity contribution is -0.143. The van der Waals surface area contributed by atoms with Crippen LogP contribution in [0.3, 0.4) is 0 Å². The Labute approximate surface area is 215 Å². The minimum atomic E-state index is -1.12. The number of nitrogens with one attached hydrogen (secondary N) is 2. The van der Waals surface area contributed by atoms with Crippen molar-refractivity contribution in [1.29, 1.82) is 0 Å². The molecule has 3 aromatic rings. The molecule has 9 nitrogen and oxygen atoms in total. The van der Waals surface area contributed by atoms with Crippen LogP contribution in [0.15, 0.2) is 26.0 Å². The fourth-order valence-electron chi connectivity index (χ4n) is 4.48. The maximum Gasteiger partial charge on any atom is 0.339 e. The number of hydrogen-bond donors (Lipinski definition) is 3. The van der Waals surface area contributed by atoms with E-state index in [4.69, 9.17) is 8.83 Å². The molecule has 0 unspecified atom stereocenters. The van der Waals surface area contributed by atoms with Crippen molar-refractivity contribution >= 4 is 39.7 Å². The number of benzene rings is 1. The Bertz CT molecular complexity index is 1410. The second-order valence-electron chi connectivity index (χ2n) is 10.7. The van der Waals surface area contributed by atoms with E-state index in [1.165, 1.54) is 0 Å². The molecule has 0 aliphatic heterocycles. The predicted molar refractivity (Wildman–Crippen MR) is 141 cm³/mol. The molecular formula is C28H36N2O7. The summed E-state index contributed by atoms with van der Waals surface area (Å²) in [5.74, 6) is -2.39. The first-order valence-corrected chi connectivity index (χ1v) is 12.5. The van der Waals surface area contributed by atoms with Crippen molar-refractivity contribution in [2.24, 2.45) is 5.92 Å². The Morgan fingerprint density at radius 1 is 1.05 bits per heavy atom. The molecule has 0 fully saturated rings. The molecule has 0 aliphatic carbocycles. The molecule has 0 bridgehead atoms. The summed E-state index contributed by atoms with van der Waals surface area (Å²) in [5, 5.41) is 16.0. The van der Waals surface area contributed by atoms with E-state index < -0.39 is 29.5 Å². The minimum absolute atomic E-state index is 0.0295. The number of rotatable bonds is 9. The maximum absolute atomic E-state index is 12.8. The van der Waals surface area contributed by atoms with Crippen LogP contribution < -0.4 is 16.3 Å². The summed E-state index contributed by atoms with van der Waals surface area (Å²) in [6.07, 6.45) is 2.43. The highest BCUT2D eigenvalue weighted by Crippen LogP contribution is 2.37. The van der Waals surface area contributed by atoms with Gasteiger partial charge in [-0.3, -0.25) is 9.59 Å². The molecule has 1 aromatic carbocycles. The number of hydrogen-bond acceptors (Lipinski definition) is 6. The third-order valence-electron chi connectivity index (χ3n) is 6.99. The molecule has 0 spiro atoms. The van der Waals surface area contributed by atoms with E-state index in [2.05, 4.69) is 31.4 Å². The van der Waals surface area contributed by atoms with Crippen LogP contribution in [0.25, 0.3) is 21.9 Å². The average molecular weight is 513 g/mol. The molecule has 0 saturated heterocycles. The Hall–Kier alpha value is -3.62. The van der Waals surface area contributed by atoms with E-state index in [9.17, 15) is 24.3 Å². The number of carbonyl (C=O) groups excluding carboxylic acids is 2. The van der Waals surface area contributed by atoms with Gasteiger partial charge >= 0.3 is 11.6 Å². The minimum Gasteiger partial charge on any atom is -0.480 e. The van der Waals surface area contributed by atoms with Crippen LogP contribution in [-0.4, -0.2) is 35.5 Å². The van der Waals surface area contributed by atoms with Crippen LogP contribution in [-0.2, 0) is 26.2 Å². The number of carbonyl (C=O) groups is 3. The van der Waals surface area contributed by atoms with Crippen molar-refractivity contribution in [1.82, 2.24) is 10.6 Å². The zero-order valence-corrected chi connectivity index (χ0v) is 22.5. The third-order valence-corrected chi connectivity index (χ3v) is 6.99. The van der Waals surface area contributed by atoms with E-state index in [1.807, 2.05) is 26.8 Å². The fourth-order valence-corrected chi connectivity index (χ4v) is 4.48. The van der Waals surface area contributed by atoms with Gasteiger partial charge in [-0.1, -0.05) is 41.0 Å². The van der Waals surface area contributed by atoms with E-state index in [1.54, 1.807) is 13.2 Å². The van der Waals surface area contributed by atoms with Crippen LogP contribution in [0.5, 0.6) is 0 Å². The quantitative estimate of drug-likeness (QED) is 0.367. The summed E-state index contributed by atoms with van der Waals surface area (Å²) in [4.78, 5) is 48.8. The summed E-state index contributed by atoms with van der Waals surface area (Å²) in [7, 11) is 0. The van der Waals surface area contributed by atoms with Gasteiger partial charge in [0.15, 0.2) is 0 Å². The van der Waals surface area contributed by atoms with Gasteiger partial charge in [0.25, 0.3) is 0 Å². The molecule has 0 saturated carbocycles. The van der Waals surface area contributed by atoms with Gasteiger partial charge in [-0.05, 0) is 43.2 Å². The highest BCUT2D eigenvalue weighted by atomic mass is 16.4. The second-order valence-corrected chi connectivity index (χ2v) is 10.7. The first-order valence-electron chi connectivity index (χ1n) is 12.5. The lowest BCUT2D eigenvalue weighted by atomic mass is 9.86. The van der Waals surface area contributed by atoms with Crippen LogP contribution >= 0.6 is 0 Å². The Morgan fingerprint density at radius 2 is 1.73 bits per heavy atom. The molecule has 2 aromatic heterocycles. The highest BCUT2D eigenvalue weighted by molar-refractivity contribution is 6.00. The molecule has 9 heteroatoms.